The Balaban J connectivity index is 0.000000177. The van der Waals surface area contributed by atoms with Gasteiger partial charge in [0.25, 0.3) is 0 Å². The number of aromatic nitrogens is 2. The average Bonchev–Trinajstić information content (AvgIpc) is 3.53. The van der Waals surface area contributed by atoms with Crippen molar-refractivity contribution in [3.63, 3.8) is 0 Å². The molecule has 1 heterocycles. The Hall–Kier alpha value is -4.96. The van der Waals surface area contributed by atoms with Gasteiger partial charge in [-0.05, 0) is 23.8 Å². The van der Waals surface area contributed by atoms with Gasteiger partial charge in [-0.3, -0.25) is 28.8 Å². The van der Waals surface area contributed by atoms with Crippen LogP contribution >= 0.6 is 34.8 Å². The normalized spacial score (nSPS) is 12.8. The fourth-order valence-corrected chi connectivity index (χ4v) is 6.69. The highest BCUT2D eigenvalue weighted by molar-refractivity contribution is 6.32. The summed E-state index contributed by atoms with van der Waals surface area (Å²) in [5.74, 6) is -0.00985. The summed E-state index contributed by atoms with van der Waals surface area (Å²) in [4.78, 5) is 83.4. The van der Waals surface area contributed by atoms with Crippen molar-refractivity contribution in [3.8, 4) is 0 Å². The first-order chi connectivity index (χ1) is 24.2. The number of hydrogen-bond donors (Lipinski definition) is 2. The van der Waals surface area contributed by atoms with Gasteiger partial charge >= 0.3 is 0 Å². The molecule has 2 N–H and O–H groups in total. The van der Waals surface area contributed by atoms with E-state index < -0.39 is 5.91 Å². The fourth-order valence-electron chi connectivity index (χ4n) is 6.13. The fraction of sp³-hybridized carbons (Fsp3) is 0.184. The minimum absolute atomic E-state index is 0.000391. The highest BCUT2D eigenvalue weighted by Crippen LogP contribution is 2.35. The molecule has 9 nitrogen and oxygen atoms in total. The molecule has 252 valence electrons. The van der Waals surface area contributed by atoms with Gasteiger partial charge in [0.05, 0.1) is 22.3 Å². The molecule has 0 fully saturated rings. The summed E-state index contributed by atoms with van der Waals surface area (Å²) in [5, 5.41) is 2.69. The highest BCUT2D eigenvalue weighted by Gasteiger charge is 2.34. The van der Waals surface area contributed by atoms with Crippen molar-refractivity contribution in [2.45, 2.75) is 25.7 Å². The first-order valence-corrected chi connectivity index (χ1v) is 17.3. The average molecular weight is 729 g/mol. The number of nitrogens with one attached hydrogen (secondary N) is 2. The molecule has 5 aromatic rings. The number of rotatable bonds is 9. The van der Waals surface area contributed by atoms with Crippen LogP contribution < -0.4 is 5.32 Å². The molecule has 12 heteroatoms. The number of aromatic amines is 1. The summed E-state index contributed by atoms with van der Waals surface area (Å²) >= 11 is 17.0. The zero-order valence-electron chi connectivity index (χ0n) is 26.4. The molecule has 0 radical (unpaired) electrons. The first kappa shape index (κ1) is 34.9. The number of alkyl halides is 3. The number of imidazole rings is 1. The van der Waals surface area contributed by atoms with Crippen LogP contribution in [-0.4, -0.2) is 62.4 Å². The minimum Gasteiger partial charge on any atom is -0.342 e. The van der Waals surface area contributed by atoms with E-state index in [9.17, 15) is 28.8 Å². The van der Waals surface area contributed by atoms with Crippen molar-refractivity contribution >= 4 is 86.3 Å². The molecule has 0 saturated carbocycles. The molecule has 0 aliphatic heterocycles. The van der Waals surface area contributed by atoms with Gasteiger partial charge in [-0.15, -0.1) is 34.8 Å². The largest absolute Gasteiger partial charge is 0.342 e. The SMILES string of the molecule is O=C(CCCl)Cc1ccc2c(c1NC(=O)CCCl)C(=O)c1ccccc1C2=O.O=C1c2ccccc2C(=O)c2c1ccc1[nH]c(CCCl)nc21. The molecule has 0 atom stereocenters. The second kappa shape index (κ2) is 14.9. The van der Waals surface area contributed by atoms with Gasteiger partial charge in [0.15, 0.2) is 23.1 Å². The van der Waals surface area contributed by atoms with Gasteiger partial charge in [-0.1, -0.05) is 54.6 Å². The number of aryl methyl sites for hydroxylation is 1. The lowest BCUT2D eigenvalue weighted by Gasteiger charge is -2.22. The zero-order chi connectivity index (χ0) is 35.5. The Morgan fingerprint density at radius 3 is 1.74 bits per heavy atom. The number of ketones is 5. The van der Waals surface area contributed by atoms with Crippen LogP contribution in [0.1, 0.15) is 87.9 Å². The van der Waals surface area contributed by atoms with Crippen LogP contribution in [0.3, 0.4) is 0 Å². The van der Waals surface area contributed by atoms with Gasteiger partial charge in [0.1, 0.15) is 17.1 Å². The number of carbonyl (C=O) groups is 6. The Morgan fingerprint density at radius 2 is 1.16 bits per heavy atom. The van der Waals surface area contributed by atoms with E-state index in [0.29, 0.717) is 51.2 Å². The second-order valence-electron chi connectivity index (χ2n) is 11.6. The maximum absolute atomic E-state index is 13.1. The highest BCUT2D eigenvalue weighted by atomic mass is 35.5. The van der Waals surface area contributed by atoms with Crippen LogP contribution in [0, 0.1) is 0 Å². The predicted octanol–water partition coefficient (Wildman–Crippen LogP) is 6.89. The number of fused-ring (bicyclic) bond motifs is 6. The molecule has 1 aromatic heterocycles. The number of amides is 1. The number of nitrogens with zero attached hydrogens (tertiary/aromatic N) is 1. The van der Waals surface area contributed by atoms with Crippen LogP contribution in [0.2, 0.25) is 0 Å². The smallest absolute Gasteiger partial charge is 0.225 e. The number of halogens is 3. The predicted molar refractivity (Wildman–Crippen MR) is 192 cm³/mol. The van der Waals surface area contributed by atoms with Crippen molar-refractivity contribution in [2.75, 3.05) is 23.0 Å². The molecule has 50 heavy (non-hydrogen) atoms. The Bertz CT molecular complexity index is 2240. The van der Waals surface area contributed by atoms with Gasteiger partial charge in [-0.2, -0.15) is 0 Å². The topological polar surface area (TPSA) is 143 Å². The molecule has 4 aromatic carbocycles. The number of benzene rings is 4. The van der Waals surface area contributed by atoms with E-state index in [-0.39, 0.29) is 82.3 Å². The van der Waals surface area contributed by atoms with E-state index in [1.54, 1.807) is 66.7 Å². The quantitative estimate of drug-likeness (QED) is 0.154. The summed E-state index contributed by atoms with van der Waals surface area (Å²) < 4.78 is 0. The lowest BCUT2D eigenvalue weighted by Crippen LogP contribution is -2.25. The van der Waals surface area contributed by atoms with E-state index in [2.05, 4.69) is 15.3 Å². The maximum Gasteiger partial charge on any atom is 0.225 e. The minimum atomic E-state index is -0.395. The number of anilines is 1. The summed E-state index contributed by atoms with van der Waals surface area (Å²) in [5.41, 5.74) is 4.58. The Labute approximate surface area is 301 Å². The van der Waals surface area contributed by atoms with Crippen LogP contribution in [0.4, 0.5) is 5.69 Å². The van der Waals surface area contributed by atoms with Crippen LogP contribution in [0.25, 0.3) is 11.0 Å². The number of hydrogen-bond acceptors (Lipinski definition) is 7. The van der Waals surface area contributed by atoms with Gasteiger partial charge < -0.3 is 10.3 Å². The molecule has 2 aliphatic carbocycles. The van der Waals surface area contributed by atoms with E-state index in [1.165, 1.54) is 6.07 Å². The van der Waals surface area contributed by atoms with E-state index >= 15 is 0 Å². The standard InChI is InChI=1S/C21H17Cl2NO4.C17H11ClN2O2/c22-9-7-13(25)11-12-5-6-16-18(19(12)24-17(26)8-10-23)21(28)15-4-2-1-3-14(15)20(16)27;18-8-7-13-19-12-6-5-11-14(15(12)20-13)17(22)10-4-2-1-3-9(10)16(11)21/h1-6H,7-11H2,(H,24,26);1-6H,7-8H2,(H,19,20). The second-order valence-corrected chi connectivity index (χ2v) is 12.7. The Kier molecular flexibility index (Phi) is 10.4. The number of carbonyl (C=O) groups excluding carboxylic acids is 6. The van der Waals surface area contributed by atoms with Crippen LogP contribution in [-0.2, 0) is 22.4 Å². The monoisotopic (exact) mass is 727 g/mol. The van der Waals surface area contributed by atoms with Crippen molar-refractivity contribution < 1.29 is 28.8 Å². The van der Waals surface area contributed by atoms with Crippen LogP contribution in [0.5, 0.6) is 0 Å². The third-order valence-electron chi connectivity index (χ3n) is 8.45. The van der Waals surface area contributed by atoms with E-state index in [4.69, 9.17) is 34.8 Å². The maximum atomic E-state index is 13.1. The van der Waals surface area contributed by atoms with Crippen molar-refractivity contribution in [1.82, 2.24) is 9.97 Å². The third kappa shape index (κ3) is 6.52. The lowest BCUT2D eigenvalue weighted by atomic mass is 9.81. The van der Waals surface area contributed by atoms with Crippen molar-refractivity contribution in [3.05, 3.63) is 129 Å². The van der Waals surface area contributed by atoms with E-state index in [0.717, 1.165) is 11.3 Å². The van der Waals surface area contributed by atoms with E-state index in [1.807, 2.05) is 0 Å². The molecule has 2 aliphatic rings. The molecule has 0 unspecified atom stereocenters. The van der Waals surface area contributed by atoms with Gasteiger partial charge in [0, 0.05) is 76.7 Å². The molecular weight excluding hydrogens is 701 g/mol. The molecule has 0 saturated heterocycles. The van der Waals surface area contributed by atoms with Gasteiger partial charge in [-0.25, -0.2) is 4.98 Å². The molecular formula is C38H28Cl3N3O6. The van der Waals surface area contributed by atoms with Crippen LogP contribution in [0.15, 0.2) is 72.8 Å². The molecule has 7 rings (SSSR count). The molecule has 0 spiro atoms. The number of H-pyrrole nitrogens is 1. The summed E-state index contributed by atoms with van der Waals surface area (Å²) in [6.07, 6.45) is 0.797. The van der Waals surface area contributed by atoms with Crippen molar-refractivity contribution in [2.24, 2.45) is 0 Å². The third-order valence-corrected chi connectivity index (χ3v) is 9.02. The van der Waals surface area contributed by atoms with Crippen molar-refractivity contribution in [1.29, 1.82) is 0 Å². The first-order valence-electron chi connectivity index (χ1n) is 15.7. The lowest BCUT2D eigenvalue weighted by molar-refractivity contribution is -0.118. The number of Topliss-reactive ketones (excluding diaryl/α,β-unsaturated/α-hetero) is 1. The zero-order valence-corrected chi connectivity index (χ0v) is 28.7. The Morgan fingerprint density at radius 1 is 0.620 bits per heavy atom. The summed E-state index contributed by atoms with van der Waals surface area (Å²) in [7, 11) is 0. The molecule has 1 amide bonds. The summed E-state index contributed by atoms with van der Waals surface area (Å²) in [6.45, 7) is 0. The van der Waals surface area contributed by atoms with Gasteiger partial charge in [0.2, 0.25) is 5.91 Å². The molecule has 0 bridgehead atoms. The summed E-state index contributed by atoms with van der Waals surface area (Å²) in [6, 6.07) is 20.1.